The number of hydrogen-bond donors (Lipinski definition) is 1. The van der Waals surface area contributed by atoms with Crippen molar-refractivity contribution in [1.82, 2.24) is 15.1 Å². The number of aliphatic imine (C=N–C) groups is 1. The Morgan fingerprint density at radius 2 is 1.88 bits per heavy atom. The molecule has 1 aliphatic heterocycles. The minimum atomic E-state index is 0.229. The summed E-state index contributed by atoms with van der Waals surface area (Å²) in [7, 11) is 7.87. The van der Waals surface area contributed by atoms with Crippen molar-refractivity contribution >= 4 is 5.96 Å². The molecule has 0 spiro atoms. The lowest BCUT2D eigenvalue weighted by molar-refractivity contribution is 0.285. The summed E-state index contributed by atoms with van der Waals surface area (Å²) in [5.41, 5.74) is 1.21. The third-order valence-electron chi connectivity index (χ3n) is 6.06. The van der Waals surface area contributed by atoms with Crippen LogP contribution in [0.2, 0.25) is 0 Å². The highest BCUT2D eigenvalue weighted by Crippen LogP contribution is 2.36. The van der Waals surface area contributed by atoms with Gasteiger partial charge in [-0.05, 0) is 44.8 Å². The standard InChI is InChI=1S/C21H34N4O/c1-22-21(25-14-16-9-5-6-10-17(16)15-25)23-13-19(24(2)3)18-11-7-8-12-20(18)26-4/h7-8,11-12,16-17,19H,5-6,9-10,13-15H2,1-4H3,(H,22,23). The highest BCUT2D eigenvalue weighted by Gasteiger charge is 2.35. The smallest absolute Gasteiger partial charge is 0.193 e. The van der Waals surface area contributed by atoms with E-state index < -0.39 is 0 Å². The molecular formula is C21H34N4O. The van der Waals surface area contributed by atoms with Crippen LogP contribution in [0, 0.1) is 11.8 Å². The van der Waals surface area contributed by atoms with E-state index in [4.69, 9.17) is 4.74 Å². The molecule has 5 heteroatoms. The summed E-state index contributed by atoms with van der Waals surface area (Å²) in [6.45, 7) is 3.13. The van der Waals surface area contributed by atoms with E-state index in [0.29, 0.717) is 0 Å². The number of hydrogen-bond acceptors (Lipinski definition) is 3. The van der Waals surface area contributed by atoms with Crippen molar-refractivity contribution in [2.24, 2.45) is 16.8 Å². The van der Waals surface area contributed by atoms with Crippen molar-refractivity contribution in [2.75, 3.05) is 47.9 Å². The van der Waals surface area contributed by atoms with Crippen LogP contribution in [0.5, 0.6) is 5.75 Å². The lowest BCUT2D eigenvalue weighted by Crippen LogP contribution is -2.43. The minimum absolute atomic E-state index is 0.229. The van der Waals surface area contributed by atoms with Crippen molar-refractivity contribution in [3.63, 3.8) is 0 Å². The average Bonchev–Trinajstić information content (AvgIpc) is 3.09. The van der Waals surface area contributed by atoms with Crippen molar-refractivity contribution in [3.05, 3.63) is 29.8 Å². The van der Waals surface area contributed by atoms with E-state index in [0.717, 1.165) is 43.2 Å². The molecule has 1 aromatic rings. The second-order valence-electron chi connectivity index (χ2n) is 7.86. The van der Waals surface area contributed by atoms with Crippen molar-refractivity contribution in [1.29, 1.82) is 0 Å². The third kappa shape index (κ3) is 4.14. The number of likely N-dealkylation sites (tertiary alicyclic amines) is 1. The molecule has 2 aliphatic rings. The molecule has 3 unspecified atom stereocenters. The van der Waals surface area contributed by atoms with Gasteiger partial charge in [0, 0.05) is 32.2 Å². The second kappa shape index (κ2) is 8.76. The van der Waals surface area contributed by atoms with Gasteiger partial charge in [-0.1, -0.05) is 31.0 Å². The topological polar surface area (TPSA) is 40.1 Å². The molecule has 1 saturated heterocycles. The largest absolute Gasteiger partial charge is 0.496 e. The molecular weight excluding hydrogens is 324 g/mol. The zero-order chi connectivity index (χ0) is 18.5. The van der Waals surface area contributed by atoms with Gasteiger partial charge >= 0.3 is 0 Å². The number of ether oxygens (including phenoxy) is 1. The zero-order valence-electron chi connectivity index (χ0n) is 16.7. The maximum absolute atomic E-state index is 5.58. The normalized spacial score (nSPS) is 24.5. The minimum Gasteiger partial charge on any atom is -0.496 e. The van der Waals surface area contributed by atoms with Crippen LogP contribution in [-0.4, -0.2) is 63.6 Å². The van der Waals surface area contributed by atoms with Crippen molar-refractivity contribution in [3.8, 4) is 5.75 Å². The SMILES string of the molecule is CN=C(NCC(c1ccccc1OC)N(C)C)N1CC2CCCCC2C1. The molecule has 0 bridgehead atoms. The van der Waals surface area contributed by atoms with Crippen LogP contribution in [0.25, 0.3) is 0 Å². The molecule has 0 aromatic heterocycles. The third-order valence-corrected chi connectivity index (χ3v) is 6.06. The van der Waals surface area contributed by atoms with Gasteiger partial charge in [0.05, 0.1) is 13.2 Å². The Hall–Kier alpha value is -1.75. The maximum atomic E-state index is 5.58. The van der Waals surface area contributed by atoms with Gasteiger partial charge < -0.3 is 19.9 Å². The van der Waals surface area contributed by atoms with Gasteiger partial charge in [0.15, 0.2) is 5.96 Å². The van der Waals surface area contributed by atoms with Gasteiger partial charge in [-0.15, -0.1) is 0 Å². The fraction of sp³-hybridized carbons (Fsp3) is 0.667. The number of para-hydroxylation sites is 1. The van der Waals surface area contributed by atoms with E-state index in [-0.39, 0.29) is 6.04 Å². The number of nitrogens with zero attached hydrogens (tertiary/aromatic N) is 3. The molecule has 0 radical (unpaired) electrons. The molecule has 5 nitrogen and oxygen atoms in total. The number of rotatable bonds is 5. The Kier molecular flexibility index (Phi) is 6.41. The number of guanidine groups is 1. The summed E-state index contributed by atoms with van der Waals surface area (Å²) in [5, 5.41) is 3.63. The van der Waals surface area contributed by atoms with E-state index in [2.05, 4.69) is 46.3 Å². The molecule has 1 saturated carbocycles. The summed E-state index contributed by atoms with van der Waals surface area (Å²) in [4.78, 5) is 9.28. The van der Waals surface area contributed by atoms with Crippen LogP contribution in [0.15, 0.2) is 29.3 Å². The van der Waals surface area contributed by atoms with Gasteiger partial charge in [-0.2, -0.15) is 0 Å². The van der Waals surface area contributed by atoms with Gasteiger partial charge in [-0.3, -0.25) is 4.99 Å². The highest BCUT2D eigenvalue weighted by molar-refractivity contribution is 5.80. The second-order valence-corrected chi connectivity index (χ2v) is 7.86. The quantitative estimate of drug-likeness (QED) is 0.649. The molecule has 26 heavy (non-hydrogen) atoms. The van der Waals surface area contributed by atoms with Crippen LogP contribution in [0.1, 0.15) is 37.3 Å². The number of nitrogens with one attached hydrogen (secondary N) is 1. The lowest BCUT2D eigenvalue weighted by atomic mass is 9.82. The van der Waals surface area contributed by atoms with Gasteiger partial charge in [0.2, 0.25) is 0 Å². The Morgan fingerprint density at radius 3 is 2.46 bits per heavy atom. The van der Waals surface area contributed by atoms with Crippen LogP contribution < -0.4 is 10.1 Å². The fourth-order valence-corrected chi connectivity index (χ4v) is 4.61. The Morgan fingerprint density at radius 1 is 1.23 bits per heavy atom. The first-order valence-corrected chi connectivity index (χ1v) is 9.89. The van der Waals surface area contributed by atoms with Gasteiger partial charge in [0.1, 0.15) is 5.75 Å². The van der Waals surface area contributed by atoms with Crippen LogP contribution in [0.3, 0.4) is 0 Å². The van der Waals surface area contributed by atoms with Crippen LogP contribution >= 0.6 is 0 Å². The fourth-order valence-electron chi connectivity index (χ4n) is 4.61. The summed E-state index contributed by atoms with van der Waals surface area (Å²) in [6, 6.07) is 8.51. The molecule has 0 amide bonds. The van der Waals surface area contributed by atoms with Gasteiger partial charge in [-0.25, -0.2) is 0 Å². The van der Waals surface area contributed by atoms with E-state index in [1.54, 1.807) is 7.11 Å². The summed E-state index contributed by atoms with van der Waals surface area (Å²) in [5.74, 6) is 3.71. The van der Waals surface area contributed by atoms with Crippen LogP contribution in [-0.2, 0) is 0 Å². The first-order chi connectivity index (χ1) is 12.6. The predicted molar refractivity (Wildman–Crippen MR) is 108 cm³/mol. The van der Waals surface area contributed by atoms with E-state index in [1.807, 2.05) is 19.2 Å². The maximum Gasteiger partial charge on any atom is 0.193 e. The van der Waals surface area contributed by atoms with E-state index in [9.17, 15) is 0 Å². The monoisotopic (exact) mass is 358 g/mol. The molecule has 144 valence electrons. The Balaban J connectivity index is 1.66. The number of methoxy groups -OCH3 is 1. The predicted octanol–water partition coefficient (Wildman–Crippen LogP) is 3.00. The number of benzene rings is 1. The average molecular weight is 359 g/mol. The molecule has 1 N–H and O–H groups in total. The molecule has 1 aliphatic carbocycles. The molecule has 1 aromatic carbocycles. The molecule has 1 heterocycles. The summed E-state index contributed by atoms with van der Waals surface area (Å²) in [6.07, 6.45) is 5.58. The summed E-state index contributed by atoms with van der Waals surface area (Å²) < 4.78 is 5.58. The first-order valence-electron chi connectivity index (χ1n) is 9.89. The van der Waals surface area contributed by atoms with Gasteiger partial charge in [0.25, 0.3) is 0 Å². The van der Waals surface area contributed by atoms with Crippen molar-refractivity contribution in [2.45, 2.75) is 31.7 Å². The van der Waals surface area contributed by atoms with E-state index >= 15 is 0 Å². The number of likely N-dealkylation sites (N-methyl/N-ethyl adjacent to an activating group) is 1. The van der Waals surface area contributed by atoms with E-state index in [1.165, 1.54) is 31.2 Å². The van der Waals surface area contributed by atoms with Crippen LogP contribution in [0.4, 0.5) is 0 Å². The molecule has 3 rings (SSSR count). The molecule has 3 atom stereocenters. The molecule has 2 fully saturated rings. The number of fused-ring (bicyclic) bond motifs is 1. The first kappa shape index (κ1) is 19.0. The Labute approximate surface area is 158 Å². The Bertz CT molecular complexity index is 602. The van der Waals surface area contributed by atoms with Crippen molar-refractivity contribution < 1.29 is 4.74 Å². The zero-order valence-corrected chi connectivity index (χ0v) is 16.7. The summed E-state index contributed by atoms with van der Waals surface area (Å²) >= 11 is 0. The highest BCUT2D eigenvalue weighted by atomic mass is 16.5. The lowest BCUT2D eigenvalue weighted by Gasteiger charge is -2.29.